The molecular formula is C39H32N6O3S. The second-order valence-electron chi connectivity index (χ2n) is 11.3. The SMILES string of the molecule is COC(=O)c1cc(-c2ccc(OC)cc2)c(Cn2nnc(-c3ccccc3)c2Sc2ccc(C)cc2)cc1-n1cc(-c2ccccc2)nn1. The number of nitrogens with zero attached hydrogens (tertiary/aromatic N) is 6. The summed E-state index contributed by atoms with van der Waals surface area (Å²) in [6.45, 7) is 2.42. The third-order valence-electron chi connectivity index (χ3n) is 8.13. The van der Waals surface area contributed by atoms with E-state index in [-0.39, 0.29) is 0 Å². The highest BCUT2D eigenvalue weighted by molar-refractivity contribution is 7.99. The van der Waals surface area contributed by atoms with Crippen LogP contribution < -0.4 is 4.74 Å². The number of aryl methyl sites for hydroxylation is 1. The van der Waals surface area contributed by atoms with Gasteiger partial charge in [0.1, 0.15) is 22.2 Å². The predicted octanol–water partition coefficient (Wildman–Crippen LogP) is 8.16. The zero-order valence-corrected chi connectivity index (χ0v) is 28.0. The maximum atomic E-state index is 13.3. The van der Waals surface area contributed by atoms with Gasteiger partial charge in [0.25, 0.3) is 0 Å². The summed E-state index contributed by atoms with van der Waals surface area (Å²) in [4.78, 5) is 14.4. The van der Waals surface area contributed by atoms with Gasteiger partial charge in [-0.25, -0.2) is 14.2 Å². The molecule has 49 heavy (non-hydrogen) atoms. The summed E-state index contributed by atoms with van der Waals surface area (Å²) in [5, 5.41) is 19.1. The number of aromatic nitrogens is 6. The van der Waals surface area contributed by atoms with Crippen molar-refractivity contribution in [2.45, 2.75) is 23.4 Å². The molecule has 0 N–H and O–H groups in total. The zero-order chi connectivity index (χ0) is 33.7. The van der Waals surface area contributed by atoms with Gasteiger partial charge in [0.2, 0.25) is 0 Å². The van der Waals surface area contributed by atoms with Crippen molar-refractivity contribution in [1.29, 1.82) is 0 Å². The Labute approximate surface area is 288 Å². The molecule has 0 saturated heterocycles. The highest BCUT2D eigenvalue weighted by Gasteiger charge is 2.23. The average Bonchev–Trinajstić information content (AvgIpc) is 3.81. The molecule has 0 saturated carbocycles. The van der Waals surface area contributed by atoms with E-state index in [2.05, 4.69) is 51.8 Å². The van der Waals surface area contributed by atoms with Crippen molar-refractivity contribution < 1.29 is 14.3 Å². The number of methoxy groups -OCH3 is 2. The van der Waals surface area contributed by atoms with E-state index < -0.39 is 5.97 Å². The molecule has 0 aliphatic heterocycles. The Morgan fingerprint density at radius 1 is 0.755 bits per heavy atom. The van der Waals surface area contributed by atoms with E-state index in [1.165, 1.54) is 12.7 Å². The van der Waals surface area contributed by atoms with Gasteiger partial charge in [-0.2, -0.15) is 0 Å². The predicted molar refractivity (Wildman–Crippen MR) is 190 cm³/mol. The number of ether oxygens (including phenoxy) is 2. The first-order valence-electron chi connectivity index (χ1n) is 15.6. The van der Waals surface area contributed by atoms with Crippen LogP contribution in [0.5, 0.6) is 5.75 Å². The van der Waals surface area contributed by atoms with Gasteiger partial charge in [-0.1, -0.05) is 113 Å². The van der Waals surface area contributed by atoms with Crippen LogP contribution in [0.4, 0.5) is 0 Å². The normalized spacial score (nSPS) is 11.0. The number of hydrogen-bond donors (Lipinski definition) is 0. The van der Waals surface area contributed by atoms with Gasteiger partial charge in [-0.05, 0) is 60.0 Å². The van der Waals surface area contributed by atoms with Crippen LogP contribution in [0.15, 0.2) is 137 Å². The molecule has 2 aromatic heterocycles. The molecule has 0 amide bonds. The van der Waals surface area contributed by atoms with Crippen molar-refractivity contribution >= 4 is 17.7 Å². The van der Waals surface area contributed by atoms with Crippen LogP contribution >= 0.6 is 11.8 Å². The molecule has 0 radical (unpaired) electrons. The molecule has 10 heteroatoms. The molecule has 242 valence electrons. The molecule has 0 fully saturated rings. The summed E-state index contributed by atoms with van der Waals surface area (Å²) in [6, 6.07) is 39.8. The van der Waals surface area contributed by atoms with Gasteiger partial charge in [-0.3, -0.25) is 0 Å². The van der Waals surface area contributed by atoms with E-state index in [0.717, 1.165) is 49.2 Å². The number of carbonyl (C=O) groups is 1. The second kappa shape index (κ2) is 14.0. The molecular weight excluding hydrogens is 633 g/mol. The molecule has 2 heterocycles. The third kappa shape index (κ3) is 6.72. The van der Waals surface area contributed by atoms with E-state index in [0.29, 0.717) is 23.5 Å². The van der Waals surface area contributed by atoms with Crippen LogP contribution in [0.1, 0.15) is 21.5 Å². The van der Waals surface area contributed by atoms with Gasteiger partial charge in [-0.15, -0.1) is 10.2 Å². The van der Waals surface area contributed by atoms with Crippen molar-refractivity contribution in [1.82, 2.24) is 30.0 Å². The molecule has 0 spiro atoms. The van der Waals surface area contributed by atoms with Gasteiger partial charge < -0.3 is 9.47 Å². The Kier molecular flexibility index (Phi) is 9.03. The fourth-order valence-electron chi connectivity index (χ4n) is 5.55. The van der Waals surface area contributed by atoms with Crippen LogP contribution in [-0.4, -0.2) is 50.2 Å². The molecule has 9 nitrogen and oxygen atoms in total. The van der Waals surface area contributed by atoms with E-state index in [9.17, 15) is 4.79 Å². The number of carbonyl (C=O) groups excluding carboxylic acids is 1. The first-order chi connectivity index (χ1) is 24.0. The smallest absolute Gasteiger partial charge is 0.340 e. The zero-order valence-electron chi connectivity index (χ0n) is 27.1. The quantitative estimate of drug-likeness (QED) is 0.135. The number of benzene rings is 5. The highest BCUT2D eigenvalue weighted by Crippen LogP contribution is 2.37. The molecule has 0 atom stereocenters. The van der Waals surface area contributed by atoms with Crippen molar-refractivity contribution in [3.05, 3.63) is 144 Å². The van der Waals surface area contributed by atoms with Gasteiger partial charge >= 0.3 is 5.97 Å². The van der Waals surface area contributed by atoms with Crippen LogP contribution in [0, 0.1) is 6.92 Å². The lowest BCUT2D eigenvalue weighted by molar-refractivity contribution is 0.0600. The lowest BCUT2D eigenvalue weighted by Crippen LogP contribution is -2.12. The maximum Gasteiger partial charge on any atom is 0.340 e. The highest BCUT2D eigenvalue weighted by atomic mass is 32.2. The lowest BCUT2D eigenvalue weighted by atomic mass is 9.95. The van der Waals surface area contributed by atoms with Crippen molar-refractivity contribution in [3.63, 3.8) is 0 Å². The number of hydrogen-bond acceptors (Lipinski definition) is 8. The largest absolute Gasteiger partial charge is 0.497 e. The molecule has 7 rings (SSSR count). The Morgan fingerprint density at radius 2 is 1.45 bits per heavy atom. The van der Waals surface area contributed by atoms with Crippen LogP contribution in [0.3, 0.4) is 0 Å². The molecule has 0 aliphatic carbocycles. The second-order valence-corrected chi connectivity index (χ2v) is 12.4. The van der Waals surface area contributed by atoms with E-state index in [1.807, 2.05) is 108 Å². The van der Waals surface area contributed by atoms with Crippen LogP contribution in [0.2, 0.25) is 0 Å². The first kappa shape index (κ1) is 31.6. The van der Waals surface area contributed by atoms with Crippen molar-refractivity contribution in [2.75, 3.05) is 14.2 Å². The fraction of sp³-hybridized carbons (Fsp3) is 0.103. The standard InChI is InChI=1S/C39H32N6O3S/c1-26-14-20-32(21-15-26)49-38-37(29-12-8-5-9-13-29)41-43-45(38)24-30-22-36(44-25-35(40-42-44)28-10-6-4-7-11-28)34(39(46)48-3)23-33(30)27-16-18-31(47-2)19-17-27/h4-23,25H,24H2,1-3H3. The summed E-state index contributed by atoms with van der Waals surface area (Å²) in [7, 11) is 3.01. The molecule has 0 unspecified atom stereocenters. The first-order valence-corrected chi connectivity index (χ1v) is 16.4. The van der Waals surface area contributed by atoms with E-state index >= 15 is 0 Å². The minimum atomic E-state index is -0.490. The topological polar surface area (TPSA) is 97.0 Å². The van der Waals surface area contributed by atoms with Gasteiger partial charge in [0, 0.05) is 16.0 Å². The lowest BCUT2D eigenvalue weighted by Gasteiger charge is -2.17. The molecule has 5 aromatic carbocycles. The molecule has 0 aliphatic rings. The minimum Gasteiger partial charge on any atom is -0.497 e. The van der Waals surface area contributed by atoms with Crippen molar-refractivity contribution in [3.8, 4) is 45.1 Å². The summed E-state index contributed by atoms with van der Waals surface area (Å²) in [6.07, 6.45) is 1.82. The number of rotatable bonds is 10. The summed E-state index contributed by atoms with van der Waals surface area (Å²) in [5.74, 6) is 0.238. The maximum absolute atomic E-state index is 13.3. The number of esters is 1. The van der Waals surface area contributed by atoms with Crippen LogP contribution in [0.25, 0.3) is 39.3 Å². The summed E-state index contributed by atoms with van der Waals surface area (Å²) >= 11 is 1.61. The molecule has 7 aromatic rings. The van der Waals surface area contributed by atoms with Crippen molar-refractivity contribution in [2.24, 2.45) is 0 Å². The van der Waals surface area contributed by atoms with Gasteiger partial charge in [0.15, 0.2) is 0 Å². The average molecular weight is 665 g/mol. The summed E-state index contributed by atoms with van der Waals surface area (Å²) < 4.78 is 14.2. The monoisotopic (exact) mass is 664 g/mol. The van der Waals surface area contributed by atoms with E-state index in [1.54, 1.807) is 23.6 Å². The third-order valence-corrected chi connectivity index (χ3v) is 9.24. The fourth-order valence-corrected chi connectivity index (χ4v) is 6.51. The van der Waals surface area contributed by atoms with Gasteiger partial charge in [0.05, 0.1) is 38.2 Å². The Balaban J connectivity index is 1.40. The Bertz CT molecular complexity index is 2210. The summed E-state index contributed by atoms with van der Waals surface area (Å²) in [5.41, 5.74) is 8.03. The Hall–Kier alpha value is -6.00. The van der Waals surface area contributed by atoms with Crippen LogP contribution in [-0.2, 0) is 11.3 Å². The minimum absolute atomic E-state index is 0.347. The Morgan fingerprint density at radius 3 is 2.12 bits per heavy atom. The molecule has 0 bridgehead atoms. The van der Waals surface area contributed by atoms with E-state index in [4.69, 9.17) is 9.47 Å².